The van der Waals surface area contributed by atoms with Crippen molar-refractivity contribution in [3.63, 3.8) is 0 Å². The minimum absolute atomic E-state index is 0.115. The zero-order chi connectivity index (χ0) is 18.7. The molecule has 0 saturated carbocycles. The van der Waals surface area contributed by atoms with E-state index in [0.29, 0.717) is 29.8 Å². The van der Waals surface area contributed by atoms with E-state index >= 15 is 0 Å². The van der Waals surface area contributed by atoms with Crippen LogP contribution in [-0.4, -0.2) is 40.9 Å². The number of phenols is 1. The Morgan fingerprint density at radius 3 is 2.46 bits per heavy atom. The van der Waals surface area contributed by atoms with Crippen LogP contribution in [0.3, 0.4) is 0 Å². The predicted octanol–water partition coefficient (Wildman–Crippen LogP) is 2.96. The minimum Gasteiger partial charge on any atom is -0.508 e. The number of hydrogen-bond acceptors (Lipinski definition) is 4. The molecule has 0 bridgehead atoms. The van der Waals surface area contributed by atoms with Gasteiger partial charge in [0.05, 0.1) is 11.1 Å². The number of phenolic OH excluding ortho intramolecular Hbond substituents is 1. The monoisotopic (exact) mass is 417 g/mol. The van der Waals surface area contributed by atoms with E-state index in [-0.39, 0.29) is 24.1 Å². The van der Waals surface area contributed by atoms with Gasteiger partial charge in [-0.15, -0.1) is 0 Å². The molecule has 7 nitrogen and oxygen atoms in total. The Balaban J connectivity index is 1.47. The topological polar surface area (TPSA) is 98.7 Å². The van der Waals surface area contributed by atoms with Gasteiger partial charge in [0.1, 0.15) is 5.75 Å². The van der Waals surface area contributed by atoms with Gasteiger partial charge < -0.3 is 15.7 Å². The maximum atomic E-state index is 12.3. The van der Waals surface area contributed by atoms with Gasteiger partial charge in [-0.3, -0.25) is 14.5 Å². The number of fused-ring (bicyclic) bond motifs is 1. The molecule has 0 radical (unpaired) electrons. The van der Waals surface area contributed by atoms with Gasteiger partial charge in [-0.2, -0.15) is 0 Å². The molecule has 0 spiro atoms. The highest BCUT2D eigenvalue weighted by Gasteiger charge is 2.34. The van der Waals surface area contributed by atoms with Gasteiger partial charge in [-0.1, -0.05) is 15.9 Å². The summed E-state index contributed by atoms with van der Waals surface area (Å²) in [4.78, 5) is 37.6. The second kappa shape index (κ2) is 7.57. The van der Waals surface area contributed by atoms with E-state index in [1.54, 1.807) is 30.3 Å². The standard InChI is InChI=1S/C18H16BrN3O4/c19-11-2-7-14-15(10-11)17(25)22(16(14)24)9-1-8-20-18(26)21-12-3-5-13(23)6-4-12/h2-7,10,23H,1,8-9H2,(H2,20,21,26). The first-order valence-electron chi connectivity index (χ1n) is 7.95. The quantitative estimate of drug-likeness (QED) is 0.395. The third kappa shape index (κ3) is 3.85. The lowest BCUT2D eigenvalue weighted by atomic mass is 10.1. The van der Waals surface area contributed by atoms with E-state index in [9.17, 15) is 19.5 Å². The van der Waals surface area contributed by atoms with Gasteiger partial charge in [0.15, 0.2) is 0 Å². The molecule has 1 heterocycles. The zero-order valence-corrected chi connectivity index (χ0v) is 15.2. The van der Waals surface area contributed by atoms with Crippen LogP contribution >= 0.6 is 15.9 Å². The van der Waals surface area contributed by atoms with Crippen LogP contribution in [0.4, 0.5) is 10.5 Å². The van der Waals surface area contributed by atoms with E-state index in [1.807, 2.05) is 0 Å². The van der Waals surface area contributed by atoms with Crippen LogP contribution in [0.25, 0.3) is 0 Å². The third-order valence-corrected chi connectivity index (χ3v) is 4.40. The summed E-state index contributed by atoms with van der Waals surface area (Å²) in [6, 6.07) is 10.7. The summed E-state index contributed by atoms with van der Waals surface area (Å²) in [7, 11) is 0. The van der Waals surface area contributed by atoms with E-state index in [4.69, 9.17) is 0 Å². The van der Waals surface area contributed by atoms with Crippen LogP contribution in [0.1, 0.15) is 27.1 Å². The van der Waals surface area contributed by atoms with Crippen LogP contribution < -0.4 is 10.6 Å². The molecule has 0 fully saturated rings. The molecular weight excluding hydrogens is 402 g/mol. The fourth-order valence-corrected chi connectivity index (χ4v) is 2.99. The molecule has 0 aliphatic carbocycles. The van der Waals surface area contributed by atoms with Crippen LogP contribution in [0.15, 0.2) is 46.9 Å². The number of carbonyl (C=O) groups excluding carboxylic acids is 3. The minimum atomic E-state index is -0.401. The number of urea groups is 1. The SMILES string of the molecule is O=C(NCCCN1C(=O)c2ccc(Br)cc2C1=O)Nc1ccc(O)cc1. The predicted molar refractivity (Wildman–Crippen MR) is 99.3 cm³/mol. The lowest BCUT2D eigenvalue weighted by molar-refractivity contribution is 0.0653. The number of aromatic hydroxyl groups is 1. The number of amides is 4. The molecule has 0 unspecified atom stereocenters. The third-order valence-electron chi connectivity index (χ3n) is 3.90. The molecule has 134 valence electrons. The molecular formula is C18H16BrN3O4. The largest absolute Gasteiger partial charge is 0.508 e. The Kier molecular flexibility index (Phi) is 5.22. The Labute approximate surface area is 158 Å². The Bertz CT molecular complexity index is 867. The molecule has 2 aromatic carbocycles. The lowest BCUT2D eigenvalue weighted by Gasteiger charge is -2.14. The molecule has 1 aliphatic heterocycles. The van der Waals surface area contributed by atoms with Crippen molar-refractivity contribution in [3.05, 3.63) is 58.1 Å². The molecule has 3 N–H and O–H groups in total. The molecule has 8 heteroatoms. The Morgan fingerprint density at radius 1 is 1.04 bits per heavy atom. The van der Waals surface area contributed by atoms with Gasteiger partial charge in [0, 0.05) is 23.2 Å². The number of hydrogen-bond donors (Lipinski definition) is 3. The molecule has 0 saturated heterocycles. The second-order valence-corrected chi connectivity index (χ2v) is 6.65. The van der Waals surface area contributed by atoms with Gasteiger partial charge in [0.2, 0.25) is 0 Å². The van der Waals surface area contributed by atoms with Crippen LogP contribution in [-0.2, 0) is 0 Å². The first-order valence-corrected chi connectivity index (χ1v) is 8.74. The number of imide groups is 1. The highest BCUT2D eigenvalue weighted by atomic mass is 79.9. The smallest absolute Gasteiger partial charge is 0.319 e. The fourth-order valence-electron chi connectivity index (χ4n) is 2.63. The van der Waals surface area contributed by atoms with Crippen molar-refractivity contribution in [3.8, 4) is 5.75 Å². The highest BCUT2D eigenvalue weighted by Crippen LogP contribution is 2.26. The van der Waals surface area contributed by atoms with Crippen LogP contribution in [0.2, 0.25) is 0 Å². The zero-order valence-electron chi connectivity index (χ0n) is 13.7. The summed E-state index contributed by atoms with van der Waals surface area (Å²) in [5.41, 5.74) is 1.34. The Morgan fingerprint density at radius 2 is 1.73 bits per heavy atom. The van der Waals surface area contributed by atoms with Gasteiger partial charge in [-0.05, 0) is 48.9 Å². The number of anilines is 1. The number of halogens is 1. The van der Waals surface area contributed by atoms with Crippen LogP contribution in [0, 0.1) is 0 Å². The van der Waals surface area contributed by atoms with Crippen molar-refractivity contribution in [1.29, 1.82) is 0 Å². The molecule has 26 heavy (non-hydrogen) atoms. The molecule has 2 aromatic rings. The summed E-state index contributed by atoms with van der Waals surface area (Å²) >= 11 is 3.29. The van der Waals surface area contributed by atoms with Crippen molar-refractivity contribution >= 4 is 39.5 Å². The first kappa shape index (κ1) is 17.9. The first-order chi connectivity index (χ1) is 12.5. The lowest BCUT2D eigenvalue weighted by Crippen LogP contribution is -2.35. The van der Waals surface area contributed by atoms with E-state index < -0.39 is 6.03 Å². The average molecular weight is 418 g/mol. The number of nitrogens with one attached hydrogen (secondary N) is 2. The second-order valence-electron chi connectivity index (χ2n) is 5.73. The molecule has 0 aromatic heterocycles. The normalized spacial score (nSPS) is 12.9. The maximum Gasteiger partial charge on any atom is 0.319 e. The van der Waals surface area contributed by atoms with Crippen molar-refractivity contribution in [2.24, 2.45) is 0 Å². The summed E-state index contributed by atoms with van der Waals surface area (Å²) in [6.45, 7) is 0.532. The molecule has 4 amide bonds. The van der Waals surface area contributed by atoms with Crippen molar-refractivity contribution < 1.29 is 19.5 Å². The molecule has 1 aliphatic rings. The highest BCUT2D eigenvalue weighted by molar-refractivity contribution is 9.10. The number of benzene rings is 2. The van der Waals surface area contributed by atoms with Crippen molar-refractivity contribution in [2.45, 2.75) is 6.42 Å². The Hall–Kier alpha value is -2.87. The van der Waals surface area contributed by atoms with Gasteiger partial charge in [-0.25, -0.2) is 4.79 Å². The molecule has 3 rings (SSSR count). The van der Waals surface area contributed by atoms with Crippen molar-refractivity contribution in [2.75, 3.05) is 18.4 Å². The fraction of sp³-hybridized carbons (Fsp3) is 0.167. The van der Waals surface area contributed by atoms with E-state index in [1.165, 1.54) is 17.0 Å². The summed E-state index contributed by atoms with van der Waals surface area (Å²) in [6.07, 6.45) is 0.440. The average Bonchev–Trinajstić information content (AvgIpc) is 2.84. The van der Waals surface area contributed by atoms with Crippen molar-refractivity contribution in [1.82, 2.24) is 10.2 Å². The number of nitrogens with zero attached hydrogens (tertiary/aromatic N) is 1. The van der Waals surface area contributed by atoms with Gasteiger partial charge >= 0.3 is 6.03 Å². The maximum absolute atomic E-state index is 12.3. The van der Waals surface area contributed by atoms with Gasteiger partial charge in [0.25, 0.3) is 11.8 Å². The summed E-state index contributed by atoms with van der Waals surface area (Å²) < 4.78 is 0.742. The molecule has 0 atom stereocenters. The number of rotatable bonds is 5. The number of carbonyl (C=O) groups is 3. The summed E-state index contributed by atoms with van der Waals surface area (Å²) in [5.74, 6) is -0.519. The van der Waals surface area contributed by atoms with Crippen LogP contribution in [0.5, 0.6) is 5.75 Å². The van der Waals surface area contributed by atoms with E-state index in [0.717, 1.165) is 4.47 Å². The summed E-state index contributed by atoms with van der Waals surface area (Å²) in [5, 5.41) is 14.5. The van der Waals surface area contributed by atoms with E-state index in [2.05, 4.69) is 26.6 Å².